The number of nitrogens with one attached hydrogen (secondary N) is 1. The molecule has 0 atom stereocenters. The molecule has 0 radical (unpaired) electrons. The second-order valence-electron chi connectivity index (χ2n) is 6.88. The van der Waals surface area contributed by atoms with Gasteiger partial charge < -0.3 is 9.84 Å². The number of aryl methyl sites for hydroxylation is 1. The fourth-order valence-corrected chi connectivity index (χ4v) is 3.19. The molecule has 1 amide bonds. The summed E-state index contributed by atoms with van der Waals surface area (Å²) in [5.41, 5.74) is 3.55. The summed E-state index contributed by atoms with van der Waals surface area (Å²) >= 11 is 0. The summed E-state index contributed by atoms with van der Waals surface area (Å²) in [5.74, 6) is -0.509. The fourth-order valence-electron chi connectivity index (χ4n) is 3.19. The highest BCUT2D eigenvalue weighted by Gasteiger charge is 2.13. The third-order valence-corrected chi connectivity index (χ3v) is 4.59. The van der Waals surface area contributed by atoms with Crippen molar-refractivity contribution in [2.45, 2.75) is 19.8 Å². The monoisotopic (exact) mass is 408 g/mol. The van der Waals surface area contributed by atoms with Crippen LogP contribution < -0.4 is 5.32 Å². The minimum absolute atomic E-state index is 0.161. The van der Waals surface area contributed by atoms with Crippen molar-refractivity contribution in [2.24, 2.45) is 0 Å². The lowest BCUT2D eigenvalue weighted by Gasteiger charge is -2.11. The Balaban J connectivity index is 1.59. The van der Waals surface area contributed by atoms with Gasteiger partial charge in [-0.1, -0.05) is 42.1 Å². The zero-order chi connectivity index (χ0) is 21.5. The van der Waals surface area contributed by atoms with Crippen molar-refractivity contribution in [1.82, 2.24) is 10.5 Å². The fraction of sp³-hybridized carbons (Fsp3) is 0.167. The van der Waals surface area contributed by atoms with E-state index in [0.29, 0.717) is 25.1 Å². The molecule has 1 N–H and O–H groups in total. The molecule has 154 valence electrons. The minimum Gasteiger partial charge on any atom is -0.360 e. The number of halogens is 2. The third kappa shape index (κ3) is 5.50. The smallest absolute Gasteiger partial charge is 0.273 e. The third-order valence-electron chi connectivity index (χ3n) is 4.59. The Morgan fingerprint density at radius 3 is 2.70 bits per heavy atom. The predicted octanol–water partition coefficient (Wildman–Crippen LogP) is 5.24. The average Bonchev–Trinajstić information content (AvgIpc) is 3.16. The number of rotatable bonds is 8. The summed E-state index contributed by atoms with van der Waals surface area (Å²) in [6.07, 6.45) is 4.39. The molecule has 0 aliphatic heterocycles. The lowest BCUT2D eigenvalue weighted by atomic mass is 9.97. The minimum atomic E-state index is -0.363. The second kappa shape index (κ2) is 9.78. The van der Waals surface area contributed by atoms with Gasteiger partial charge in [0.1, 0.15) is 17.4 Å². The maximum absolute atomic E-state index is 13.4. The molecule has 2 aromatic carbocycles. The van der Waals surface area contributed by atoms with E-state index in [9.17, 15) is 13.6 Å². The number of carbonyl (C=O) groups is 1. The maximum Gasteiger partial charge on any atom is 0.273 e. The van der Waals surface area contributed by atoms with Gasteiger partial charge in [0.15, 0.2) is 5.69 Å². The molecule has 0 bridgehead atoms. The van der Waals surface area contributed by atoms with Gasteiger partial charge in [-0.05, 0) is 59.9 Å². The molecular weight excluding hydrogens is 386 g/mol. The Bertz CT molecular complexity index is 1090. The Labute approximate surface area is 173 Å². The molecule has 0 aliphatic carbocycles. The van der Waals surface area contributed by atoms with Crippen LogP contribution in [0.3, 0.4) is 0 Å². The molecule has 1 heterocycles. The van der Waals surface area contributed by atoms with Crippen LogP contribution in [0.5, 0.6) is 0 Å². The largest absolute Gasteiger partial charge is 0.360 e. The number of carbonyl (C=O) groups excluding carboxylic acids is 1. The van der Waals surface area contributed by atoms with Gasteiger partial charge in [0.25, 0.3) is 5.91 Å². The molecule has 3 rings (SSSR count). The number of hydrogen-bond donors (Lipinski definition) is 1. The van der Waals surface area contributed by atoms with Gasteiger partial charge in [-0.15, -0.1) is 0 Å². The molecule has 1 aromatic heterocycles. The average molecular weight is 408 g/mol. The van der Waals surface area contributed by atoms with Crippen molar-refractivity contribution in [3.05, 3.63) is 107 Å². The maximum atomic E-state index is 13.4. The number of allylic oxidation sites excluding steroid dienone is 2. The predicted molar refractivity (Wildman–Crippen MR) is 112 cm³/mol. The van der Waals surface area contributed by atoms with Crippen LogP contribution in [0.15, 0.2) is 71.8 Å². The molecule has 0 aliphatic rings. The van der Waals surface area contributed by atoms with Crippen LogP contribution in [0.1, 0.15) is 39.4 Å². The normalized spacial score (nSPS) is 11.4. The number of aromatic nitrogens is 1. The summed E-state index contributed by atoms with van der Waals surface area (Å²) in [4.78, 5) is 12.4. The first kappa shape index (κ1) is 21.2. The Morgan fingerprint density at radius 1 is 1.17 bits per heavy atom. The number of amides is 1. The van der Waals surface area contributed by atoms with Gasteiger partial charge in [-0.2, -0.15) is 0 Å². The zero-order valence-electron chi connectivity index (χ0n) is 16.6. The second-order valence-corrected chi connectivity index (χ2v) is 6.88. The van der Waals surface area contributed by atoms with E-state index in [1.54, 1.807) is 30.3 Å². The van der Waals surface area contributed by atoms with Crippen LogP contribution >= 0.6 is 0 Å². The van der Waals surface area contributed by atoms with Crippen LogP contribution in [-0.2, 0) is 6.42 Å². The Hall–Kier alpha value is -3.54. The SMILES string of the molecule is C=C/C=C(/CCNC(=O)c1cc(Cc2cccc(F)c2)on1)c1ccc(F)cc1C. The first-order valence-electron chi connectivity index (χ1n) is 9.52. The standard InChI is InChI=1S/C24H22F2N2O2/c1-3-5-18(22-9-8-20(26)12-16(22)2)10-11-27-24(29)23-15-21(30-28-23)14-17-6-4-7-19(25)13-17/h3-9,12-13,15H,1,10-11,14H2,2H3,(H,27,29)/b18-5-. The van der Waals surface area contributed by atoms with Gasteiger partial charge in [-0.3, -0.25) is 4.79 Å². The van der Waals surface area contributed by atoms with Crippen LogP contribution in [0.25, 0.3) is 5.57 Å². The summed E-state index contributed by atoms with van der Waals surface area (Å²) in [5, 5.41) is 6.60. The van der Waals surface area contributed by atoms with Crippen LogP contribution in [0.2, 0.25) is 0 Å². The number of benzene rings is 2. The molecule has 30 heavy (non-hydrogen) atoms. The molecular formula is C24H22F2N2O2. The lowest BCUT2D eigenvalue weighted by molar-refractivity contribution is 0.0945. The van der Waals surface area contributed by atoms with Crippen molar-refractivity contribution >= 4 is 11.5 Å². The van der Waals surface area contributed by atoms with E-state index in [2.05, 4.69) is 17.1 Å². The van der Waals surface area contributed by atoms with Crippen LogP contribution in [0.4, 0.5) is 8.78 Å². The van der Waals surface area contributed by atoms with Crippen molar-refractivity contribution in [2.75, 3.05) is 6.54 Å². The van der Waals surface area contributed by atoms with E-state index in [1.165, 1.54) is 24.3 Å². The van der Waals surface area contributed by atoms with E-state index in [4.69, 9.17) is 4.52 Å². The highest BCUT2D eigenvalue weighted by Crippen LogP contribution is 2.22. The Morgan fingerprint density at radius 2 is 1.97 bits per heavy atom. The summed E-state index contributed by atoms with van der Waals surface area (Å²) in [6.45, 7) is 5.92. The molecule has 0 spiro atoms. The zero-order valence-corrected chi connectivity index (χ0v) is 16.6. The van der Waals surface area contributed by atoms with E-state index >= 15 is 0 Å². The van der Waals surface area contributed by atoms with E-state index in [0.717, 1.165) is 22.3 Å². The van der Waals surface area contributed by atoms with Crippen molar-refractivity contribution in [3.63, 3.8) is 0 Å². The van der Waals surface area contributed by atoms with Gasteiger partial charge in [-0.25, -0.2) is 8.78 Å². The van der Waals surface area contributed by atoms with Crippen molar-refractivity contribution in [3.8, 4) is 0 Å². The van der Waals surface area contributed by atoms with Gasteiger partial charge in [0, 0.05) is 19.0 Å². The summed E-state index contributed by atoms with van der Waals surface area (Å²) in [6, 6.07) is 12.3. The topological polar surface area (TPSA) is 55.1 Å². The first-order chi connectivity index (χ1) is 14.5. The van der Waals surface area contributed by atoms with Crippen molar-refractivity contribution in [1.29, 1.82) is 0 Å². The van der Waals surface area contributed by atoms with E-state index < -0.39 is 0 Å². The quantitative estimate of drug-likeness (QED) is 0.519. The highest BCUT2D eigenvalue weighted by molar-refractivity contribution is 5.92. The molecule has 0 unspecified atom stereocenters. The molecule has 6 heteroatoms. The lowest BCUT2D eigenvalue weighted by Crippen LogP contribution is -2.25. The van der Waals surface area contributed by atoms with Gasteiger partial charge in [0.05, 0.1) is 0 Å². The number of nitrogens with zero attached hydrogens (tertiary/aromatic N) is 1. The first-order valence-corrected chi connectivity index (χ1v) is 9.52. The van der Waals surface area contributed by atoms with Crippen LogP contribution in [0, 0.1) is 18.6 Å². The Kier molecular flexibility index (Phi) is 6.91. The number of hydrogen-bond acceptors (Lipinski definition) is 3. The molecule has 0 saturated carbocycles. The van der Waals surface area contributed by atoms with E-state index in [1.807, 2.05) is 13.0 Å². The van der Waals surface area contributed by atoms with Gasteiger partial charge in [0.2, 0.25) is 0 Å². The molecule has 0 saturated heterocycles. The highest BCUT2D eigenvalue weighted by atomic mass is 19.1. The molecule has 3 aromatic rings. The summed E-state index contributed by atoms with van der Waals surface area (Å²) in [7, 11) is 0. The van der Waals surface area contributed by atoms with Crippen LogP contribution in [-0.4, -0.2) is 17.6 Å². The molecule has 0 fully saturated rings. The van der Waals surface area contributed by atoms with Crippen molar-refractivity contribution < 1.29 is 18.1 Å². The summed E-state index contributed by atoms with van der Waals surface area (Å²) < 4.78 is 31.9. The van der Waals surface area contributed by atoms with E-state index in [-0.39, 0.29) is 23.2 Å². The molecule has 4 nitrogen and oxygen atoms in total. The van der Waals surface area contributed by atoms with Gasteiger partial charge >= 0.3 is 0 Å².